The Balaban J connectivity index is 2.22. The van der Waals surface area contributed by atoms with Gasteiger partial charge >= 0.3 is 6.09 Å². The first-order chi connectivity index (χ1) is 13.3. The van der Waals surface area contributed by atoms with Gasteiger partial charge in [-0.2, -0.15) is 0 Å². The van der Waals surface area contributed by atoms with Gasteiger partial charge in [0.05, 0.1) is 18.1 Å². The minimum Gasteiger partial charge on any atom is -0.447 e. The zero-order valence-electron chi connectivity index (χ0n) is 18.6. The Labute approximate surface area is 172 Å². The van der Waals surface area contributed by atoms with Gasteiger partial charge in [-0.05, 0) is 49.2 Å². The quantitative estimate of drug-likeness (QED) is 0.359. The molecule has 6 heteroatoms. The molecule has 160 valence electrons. The Kier molecular flexibility index (Phi) is 8.31. The van der Waals surface area contributed by atoms with Crippen LogP contribution in [-0.2, 0) is 14.0 Å². The smallest absolute Gasteiger partial charge is 0.416 e. The molecule has 1 aliphatic carbocycles. The molecule has 0 aromatic rings. The van der Waals surface area contributed by atoms with Crippen LogP contribution in [0.25, 0.3) is 0 Å². The second kappa shape index (κ2) is 10.1. The van der Waals surface area contributed by atoms with Gasteiger partial charge in [0.2, 0.25) is 5.91 Å². The summed E-state index contributed by atoms with van der Waals surface area (Å²) in [7, 11) is -1.86. The van der Waals surface area contributed by atoms with E-state index in [-0.39, 0.29) is 29.9 Å². The zero-order valence-corrected chi connectivity index (χ0v) is 19.6. The number of hydrogen-bond acceptors (Lipinski definition) is 4. The zero-order chi connectivity index (χ0) is 20.9. The molecule has 0 N–H and O–H groups in total. The third-order valence-electron chi connectivity index (χ3n) is 6.87. The lowest BCUT2D eigenvalue weighted by molar-refractivity contribution is -0.137. The number of ether oxygens (including phenoxy) is 1. The third-order valence-corrected chi connectivity index (χ3v) is 11.5. The van der Waals surface area contributed by atoms with Gasteiger partial charge in [-0.25, -0.2) is 9.69 Å². The van der Waals surface area contributed by atoms with Gasteiger partial charge in [-0.3, -0.25) is 4.79 Å². The molecule has 2 aliphatic rings. The maximum atomic E-state index is 13.4. The van der Waals surface area contributed by atoms with E-state index >= 15 is 0 Å². The van der Waals surface area contributed by atoms with Crippen LogP contribution in [-0.4, -0.2) is 44.0 Å². The standard InChI is InChI=1S/C22H39NO4Si/c1-7-28(8-2,9-3)27-20(14-18-12-10-11-13-18)17(6)21(24)23-19(16(4)5)15-26-22(23)25/h10-11,16-20H,7-9,12-15H2,1-6H3/t17-,19+,20+/m0/s1. The van der Waals surface area contributed by atoms with Crippen LogP contribution in [0.3, 0.4) is 0 Å². The molecule has 1 fully saturated rings. The number of imide groups is 1. The van der Waals surface area contributed by atoms with Crippen molar-refractivity contribution in [2.45, 2.75) is 91.1 Å². The highest BCUT2D eigenvalue weighted by Crippen LogP contribution is 2.33. The molecule has 2 rings (SSSR count). The fourth-order valence-corrected chi connectivity index (χ4v) is 7.37. The Bertz CT molecular complexity index is 557. The summed E-state index contributed by atoms with van der Waals surface area (Å²) in [5, 5.41) is 0. The number of carbonyl (C=O) groups excluding carboxylic acids is 2. The molecular weight excluding hydrogens is 370 g/mol. The van der Waals surface area contributed by atoms with Crippen molar-refractivity contribution in [3.63, 3.8) is 0 Å². The highest BCUT2D eigenvalue weighted by molar-refractivity contribution is 6.73. The summed E-state index contributed by atoms with van der Waals surface area (Å²) < 4.78 is 12.0. The van der Waals surface area contributed by atoms with Gasteiger partial charge in [0.15, 0.2) is 8.32 Å². The summed E-state index contributed by atoms with van der Waals surface area (Å²) in [6.07, 6.45) is 6.81. The van der Waals surface area contributed by atoms with Gasteiger partial charge in [0.25, 0.3) is 0 Å². The number of rotatable bonds is 10. The summed E-state index contributed by atoms with van der Waals surface area (Å²) in [5.74, 6) is 0.229. The summed E-state index contributed by atoms with van der Waals surface area (Å²) >= 11 is 0. The predicted molar refractivity (Wildman–Crippen MR) is 115 cm³/mol. The molecule has 3 atom stereocenters. The number of hydrogen-bond donors (Lipinski definition) is 0. The molecule has 0 saturated carbocycles. The van der Waals surface area contributed by atoms with Crippen LogP contribution in [0.15, 0.2) is 12.2 Å². The minimum absolute atomic E-state index is 0.134. The van der Waals surface area contributed by atoms with E-state index in [0.717, 1.165) is 37.4 Å². The van der Waals surface area contributed by atoms with Gasteiger partial charge < -0.3 is 9.16 Å². The average molecular weight is 410 g/mol. The lowest BCUT2D eigenvalue weighted by atomic mass is 9.91. The van der Waals surface area contributed by atoms with Gasteiger partial charge in [0, 0.05) is 0 Å². The monoisotopic (exact) mass is 409 g/mol. The molecule has 2 amide bonds. The van der Waals surface area contributed by atoms with E-state index in [1.54, 1.807) is 0 Å². The van der Waals surface area contributed by atoms with E-state index in [1.165, 1.54) is 4.90 Å². The highest BCUT2D eigenvalue weighted by Gasteiger charge is 2.44. The lowest BCUT2D eigenvalue weighted by Crippen LogP contribution is -2.50. The summed E-state index contributed by atoms with van der Waals surface area (Å²) in [5.41, 5.74) is 0. The Morgan fingerprint density at radius 2 is 1.75 bits per heavy atom. The first kappa shape index (κ1) is 23.1. The summed E-state index contributed by atoms with van der Waals surface area (Å²) in [6, 6.07) is 2.99. The third kappa shape index (κ3) is 5.06. The van der Waals surface area contributed by atoms with E-state index in [0.29, 0.717) is 12.5 Å². The topological polar surface area (TPSA) is 55.8 Å². The van der Waals surface area contributed by atoms with Crippen LogP contribution in [0.2, 0.25) is 18.1 Å². The van der Waals surface area contributed by atoms with Crippen LogP contribution in [0, 0.1) is 17.8 Å². The Hall–Kier alpha value is -1.14. The van der Waals surface area contributed by atoms with E-state index in [9.17, 15) is 9.59 Å². The fourth-order valence-electron chi connectivity index (χ4n) is 4.43. The van der Waals surface area contributed by atoms with Crippen LogP contribution in [0.5, 0.6) is 0 Å². The predicted octanol–water partition coefficient (Wildman–Crippen LogP) is 5.37. The first-order valence-electron chi connectivity index (χ1n) is 11.1. The van der Waals surface area contributed by atoms with E-state index < -0.39 is 14.4 Å². The molecule has 1 saturated heterocycles. The largest absolute Gasteiger partial charge is 0.447 e. The summed E-state index contributed by atoms with van der Waals surface area (Å²) in [6.45, 7) is 12.9. The van der Waals surface area contributed by atoms with Crippen LogP contribution in [0.1, 0.15) is 60.8 Å². The van der Waals surface area contributed by atoms with Crippen molar-refractivity contribution in [3.05, 3.63) is 12.2 Å². The van der Waals surface area contributed by atoms with Crippen molar-refractivity contribution in [2.75, 3.05) is 6.61 Å². The summed E-state index contributed by atoms with van der Waals surface area (Å²) in [4.78, 5) is 27.0. The molecule has 0 radical (unpaired) electrons. The van der Waals surface area contributed by atoms with Crippen molar-refractivity contribution < 1.29 is 18.8 Å². The van der Waals surface area contributed by atoms with Crippen LogP contribution < -0.4 is 0 Å². The van der Waals surface area contributed by atoms with Crippen LogP contribution >= 0.6 is 0 Å². The normalized spacial score (nSPS) is 22.8. The van der Waals surface area contributed by atoms with Crippen molar-refractivity contribution in [2.24, 2.45) is 17.8 Å². The maximum absolute atomic E-state index is 13.4. The van der Waals surface area contributed by atoms with Crippen molar-refractivity contribution in [1.82, 2.24) is 4.90 Å². The number of cyclic esters (lactones) is 1. The van der Waals surface area contributed by atoms with E-state index in [2.05, 4.69) is 32.9 Å². The molecule has 0 aromatic carbocycles. The van der Waals surface area contributed by atoms with E-state index in [4.69, 9.17) is 9.16 Å². The Morgan fingerprint density at radius 3 is 2.25 bits per heavy atom. The SMILES string of the molecule is CC[Si](CC)(CC)O[C@H](CC1CC=CC1)[C@H](C)C(=O)N1C(=O)OC[C@@H]1C(C)C. The number of allylic oxidation sites excluding steroid dienone is 2. The molecule has 0 unspecified atom stereocenters. The van der Waals surface area contributed by atoms with Gasteiger partial charge in [-0.1, -0.05) is 53.7 Å². The van der Waals surface area contributed by atoms with Crippen molar-refractivity contribution >= 4 is 20.3 Å². The second-order valence-electron chi connectivity index (χ2n) is 8.83. The first-order valence-corrected chi connectivity index (χ1v) is 13.6. The lowest BCUT2D eigenvalue weighted by Gasteiger charge is -2.38. The molecule has 28 heavy (non-hydrogen) atoms. The van der Waals surface area contributed by atoms with Crippen LogP contribution in [0.4, 0.5) is 4.79 Å². The maximum Gasteiger partial charge on any atom is 0.416 e. The van der Waals surface area contributed by atoms with Crippen molar-refractivity contribution in [1.29, 1.82) is 0 Å². The molecular formula is C22H39NO4Si. The van der Waals surface area contributed by atoms with Gasteiger partial charge in [0.1, 0.15) is 6.61 Å². The van der Waals surface area contributed by atoms with Gasteiger partial charge in [-0.15, -0.1) is 0 Å². The number of nitrogens with zero attached hydrogens (tertiary/aromatic N) is 1. The fraction of sp³-hybridized carbons (Fsp3) is 0.818. The number of carbonyl (C=O) groups is 2. The molecule has 1 aliphatic heterocycles. The molecule has 1 heterocycles. The van der Waals surface area contributed by atoms with Crippen molar-refractivity contribution in [3.8, 4) is 0 Å². The second-order valence-corrected chi connectivity index (χ2v) is 13.6. The number of amides is 2. The molecule has 0 aromatic heterocycles. The molecule has 0 spiro atoms. The molecule has 5 nitrogen and oxygen atoms in total. The highest BCUT2D eigenvalue weighted by atomic mass is 28.4. The van der Waals surface area contributed by atoms with E-state index in [1.807, 2.05) is 20.8 Å². The minimum atomic E-state index is -1.86. The average Bonchev–Trinajstić information content (AvgIpc) is 3.33. The Morgan fingerprint density at radius 1 is 1.18 bits per heavy atom. The molecule has 0 bridgehead atoms.